The quantitative estimate of drug-likeness (QED) is 0.534. The molecule has 0 radical (unpaired) electrons. The number of hydrogen-bond donors (Lipinski definition) is 2. The first-order chi connectivity index (χ1) is 6.72. The molecule has 6 heteroatoms. The smallest absolute Gasteiger partial charge is 0.245 e. The molecule has 0 aliphatic carbocycles. The number of amides is 2. The van der Waals surface area contributed by atoms with E-state index in [1.54, 1.807) is 0 Å². The third kappa shape index (κ3) is 1.37. The summed E-state index contributed by atoms with van der Waals surface area (Å²) in [5.74, 6) is -0.157. The van der Waals surface area contributed by atoms with Crippen LogP contribution in [-0.2, 0) is 9.59 Å². The summed E-state index contributed by atoms with van der Waals surface area (Å²) in [6, 6.07) is -0.621. The number of nitrogens with one attached hydrogen (secondary N) is 2. The number of thiazole rings is 1. The summed E-state index contributed by atoms with van der Waals surface area (Å²) in [7, 11) is 0. The molecule has 2 amide bonds. The maximum absolute atomic E-state index is 11.1. The Hall–Kier alpha value is -1.43. The molecule has 0 bridgehead atoms. The van der Waals surface area contributed by atoms with Crippen molar-refractivity contribution in [3.8, 4) is 0 Å². The number of carbonyl (C=O) groups is 2. The highest BCUT2D eigenvalue weighted by molar-refractivity contribution is 7.09. The summed E-state index contributed by atoms with van der Waals surface area (Å²) in [5.41, 5.74) is 0.927. The maximum Gasteiger partial charge on any atom is 0.245 e. The third-order valence-electron chi connectivity index (χ3n) is 2.06. The van der Waals surface area contributed by atoms with Gasteiger partial charge in [0.1, 0.15) is 17.1 Å². The highest BCUT2D eigenvalue weighted by Gasteiger charge is 2.41. The molecule has 14 heavy (non-hydrogen) atoms. The molecule has 1 fully saturated rings. The Morgan fingerprint density at radius 3 is 3.00 bits per heavy atom. The molecule has 1 saturated heterocycles. The van der Waals surface area contributed by atoms with Crippen molar-refractivity contribution < 1.29 is 9.59 Å². The second-order valence-electron chi connectivity index (χ2n) is 3.08. The van der Waals surface area contributed by atoms with Gasteiger partial charge in [-0.25, -0.2) is 4.98 Å². The van der Waals surface area contributed by atoms with Crippen molar-refractivity contribution in [1.82, 2.24) is 15.6 Å². The van der Waals surface area contributed by atoms with Gasteiger partial charge >= 0.3 is 0 Å². The van der Waals surface area contributed by atoms with E-state index in [4.69, 9.17) is 0 Å². The molecule has 2 heterocycles. The first kappa shape index (κ1) is 9.14. The van der Waals surface area contributed by atoms with Gasteiger partial charge in [0.2, 0.25) is 12.3 Å². The van der Waals surface area contributed by atoms with Crippen LogP contribution in [0.1, 0.15) is 16.7 Å². The highest BCUT2D eigenvalue weighted by atomic mass is 32.1. The minimum Gasteiger partial charge on any atom is -0.345 e. The van der Waals surface area contributed by atoms with E-state index in [1.165, 1.54) is 11.3 Å². The van der Waals surface area contributed by atoms with E-state index >= 15 is 0 Å². The van der Waals surface area contributed by atoms with E-state index in [0.717, 1.165) is 10.7 Å². The zero-order chi connectivity index (χ0) is 10.1. The average molecular weight is 211 g/mol. The van der Waals surface area contributed by atoms with Gasteiger partial charge in [-0.05, 0) is 6.92 Å². The Bertz CT molecular complexity index is 376. The maximum atomic E-state index is 11.1. The van der Waals surface area contributed by atoms with Gasteiger partial charge in [-0.2, -0.15) is 0 Å². The summed E-state index contributed by atoms with van der Waals surface area (Å²) >= 11 is 1.48. The van der Waals surface area contributed by atoms with Crippen molar-refractivity contribution in [3.63, 3.8) is 0 Å². The fourth-order valence-electron chi connectivity index (χ4n) is 1.35. The number of carbonyl (C=O) groups excluding carboxylic acids is 2. The Balaban J connectivity index is 2.13. The normalized spacial score (nSPS) is 25.1. The fourth-order valence-corrected chi connectivity index (χ4v) is 2.23. The number of hydrogen-bond acceptors (Lipinski definition) is 4. The van der Waals surface area contributed by atoms with Crippen molar-refractivity contribution in [2.24, 2.45) is 0 Å². The molecule has 1 aliphatic rings. The minimum absolute atomic E-state index is 0.157. The summed E-state index contributed by atoms with van der Waals surface area (Å²) < 4.78 is 0. The SMILES string of the molecule is Cc1csc(C2NC(=O)C2NC=O)n1. The summed E-state index contributed by atoms with van der Waals surface area (Å²) in [4.78, 5) is 25.5. The van der Waals surface area contributed by atoms with Gasteiger partial charge in [0.15, 0.2) is 0 Å². The van der Waals surface area contributed by atoms with Crippen LogP contribution < -0.4 is 10.6 Å². The van der Waals surface area contributed by atoms with Crippen LogP contribution >= 0.6 is 11.3 Å². The van der Waals surface area contributed by atoms with Gasteiger partial charge in [-0.3, -0.25) is 9.59 Å². The van der Waals surface area contributed by atoms with E-state index in [0.29, 0.717) is 6.41 Å². The second-order valence-corrected chi connectivity index (χ2v) is 3.97. The van der Waals surface area contributed by atoms with Crippen molar-refractivity contribution in [1.29, 1.82) is 0 Å². The topological polar surface area (TPSA) is 71.1 Å². The predicted octanol–water partition coefficient (Wildman–Crippen LogP) is -0.263. The lowest BCUT2D eigenvalue weighted by Crippen LogP contribution is -2.62. The number of nitrogens with zero attached hydrogens (tertiary/aromatic N) is 1. The van der Waals surface area contributed by atoms with Crippen molar-refractivity contribution in [3.05, 3.63) is 16.1 Å². The van der Waals surface area contributed by atoms with Crippen molar-refractivity contribution in [2.45, 2.75) is 19.0 Å². The lowest BCUT2D eigenvalue weighted by Gasteiger charge is -2.34. The van der Waals surface area contributed by atoms with E-state index in [1.807, 2.05) is 12.3 Å². The molecule has 1 aliphatic heterocycles. The predicted molar refractivity (Wildman–Crippen MR) is 50.7 cm³/mol. The Morgan fingerprint density at radius 2 is 2.50 bits per heavy atom. The summed E-state index contributed by atoms with van der Waals surface area (Å²) in [6.07, 6.45) is 0.539. The Morgan fingerprint density at radius 1 is 1.71 bits per heavy atom. The van der Waals surface area contributed by atoms with Gasteiger partial charge in [-0.1, -0.05) is 0 Å². The Labute approximate surface area is 84.5 Å². The van der Waals surface area contributed by atoms with Crippen LogP contribution in [0.2, 0.25) is 0 Å². The van der Waals surface area contributed by atoms with E-state index in [9.17, 15) is 9.59 Å². The molecule has 0 spiro atoms. The number of aryl methyl sites for hydroxylation is 1. The van der Waals surface area contributed by atoms with E-state index in [2.05, 4.69) is 15.6 Å². The van der Waals surface area contributed by atoms with Gasteiger partial charge < -0.3 is 10.6 Å². The number of rotatable bonds is 3. The number of β-lactam (4-membered cyclic amide) rings is 1. The van der Waals surface area contributed by atoms with Gasteiger partial charge in [0.05, 0.1) is 0 Å². The lowest BCUT2D eigenvalue weighted by molar-refractivity contribution is -0.133. The van der Waals surface area contributed by atoms with E-state index in [-0.39, 0.29) is 11.9 Å². The van der Waals surface area contributed by atoms with Crippen LogP contribution in [0.25, 0.3) is 0 Å². The largest absolute Gasteiger partial charge is 0.345 e. The number of aromatic nitrogens is 1. The molecule has 5 nitrogen and oxygen atoms in total. The van der Waals surface area contributed by atoms with Crippen LogP contribution in [0.15, 0.2) is 5.38 Å². The molecule has 2 atom stereocenters. The molecule has 74 valence electrons. The van der Waals surface area contributed by atoms with Gasteiger partial charge in [0, 0.05) is 11.1 Å². The van der Waals surface area contributed by atoms with Crippen LogP contribution in [0.3, 0.4) is 0 Å². The monoisotopic (exact) mass is 211 g/mol. The molecule has 0 saturated carbocycles. The van der Waals surface area contributed by atoms with E-state index < -0.39 is 6.04 Å². The van der Waals surface area contributed by atoms with Crippen LogP contribution in [0.4, 0.5) is 0 Å². The minimum atomic E-state index is -0.460. The second kappa shape index (κ2) is 3.38. The third-order valence-corrected chi connectivity index (χ3v) is 3.11. The zero-order valence-corrected chi connectivity index (χ0v) is 8.30. The molecular formula is C8H9N3O2S. The molecular weight excluding hydrogens is 202 g/mol. The Kier molecular flexibility index (Phi) is 2.20. The van der Waals surface area contributed by atoms with Crippen LogP contribution in [-0.4, -0.2) is 23.3 Å². The van der Waals surface area contributed by atoms with Crippen LogP contribution in [0, 0.1) is 6.92 Å². The van der Waals surface area contributed by atoms with Crippen molar-refractivity contribution in [2.75, 3.05) is 0 Å². The van der Waals surface area contributed by atoms with Crippen LogP contribution in [0.5, 0.6) is 0 Å². The molecule has 2 rings (SSSR count). The standard InChI is InChI=1S/C8H9N3O2S/c1-4-2-14-8(10-4)6-5(9-3-12)7(13)11-6/h2-3,5-6H,1H3,(H,9,12)(H,11,13). The molecule has 2 unspecified atom stereocenters. The molecule has 1 aromatic rings. The van der Waals surface area contributed by atoms with Gasteiger partial charge in [0.25, 0.3) is 0 Å². The van der Waals surface area contributed by atoms with Gasteiger partial charge in [-0.15, -0.1) is 11.3 Å². The summed E-state index contributed by atoms with van der Waals surface area (Å²) in [6.45, 7) is 1.89. The highest BCUT2D eigenvalue weighted by Crippen LogP contribution is 2.26. The van der Waals surface area contributed by atoms with Crippen molar-refractivity contribution >= 4 is 23.7 Å². The summed E-state index contributed by atoms with van der Waals surface area (Å²) in [5, 5.41) is 7.91. The molecule has 0 aromatic carbocycles. The first-order valence-electron chi connectivity index (χ1n) is 4.14. The first-order valence-corrected chi connectivity index (χ1v) is 5.02. The lowest BCUT2D eigenvalue weighted by atomic mass is 10.0. The zero-order valence-electron chi connectivity index (χ0n) is 7.48. The molecule has 1 aromatic heterocycles. The average Bonchev–Trinajstić information content (AvgIpc) is 2.57. The fraction of sp³-hybridized carbons (Fsp3) is 0.375. The molecule has 2 N–H and O–H groups in total.